The van der Waals surface area contributed by atoms with E-state index >= 15 is 0 Å². The molecule has 6 amide bonds. The summed E-state index contributed by atoms with van der Waals surface area (Å²) in [5.41, 5.74) is -0.301. The zero-order valence-corrected chi connectivity index (χ0v) is 35.4. The van der Waals surface area contributed by atoms with Gasteiger partial charge < -0.3 is 36.6 Å². The number of aromatic nitrogens is 4. The molecule has 2 bridgehead atoms. The van der Waals surface area contributed by atoms with Crippen LogP contribution in [0.3, 0.4) is 0 Å². The molecule has 6 N–H and O–H groups in total. The number of nitrogens with one attached hydrogen (secondary N) is 6. The molecule has 61 heavy (non-hydrogen) atoms. The summed E-state index contributed by atoms with van der Waals surface area (Å²) in [5, 5.41) is 18.6. The van der Waals surface area contributed by atoms with Gasteiger partial charge in [-0.15, -0.1) is 12.3 Å². The summed E-state index contributed by atoms with van der Waals surface area (Å²) in [7, 11) is 0. The highest BCUT2D eigenvalue weighted by atomic mass is 32.2. The average molecular weight is 856 g/mol. The molecule has 4 fully saturated rings. The maximum atomic E-state index is 13.9. The van der Waals surface area contributed by atoms with Gasteiger partial charge in [-0.05, 0) is 37.8 Å². The van der Waals surface area contributed by atoms with Crippen LogP contribution >= 0.6 is 11.8 Å². The predicted octanol–water partition coefficient (Wildman–Crippen LogP) is 2.85. The molecule has 2 aromatic heterocycles. The number of urea groups is 1. The lowest BCUT2D eigenvalue weighted by atomic mass is 9.77. The third-order valence-corrected chi connectivity index (χ3v) is 13.5. The van der Waals surface area contributed by atoms with Gasteiger partial charge in [-0.25, -0.2) is 4.79 Å². The van der Waals surface area contributed by atoms with Crippen molar-refractivity contribution in [2.45, 2.75) is 119 Å². The summed E-state index contributed by atoms with van der Waals surface area (Å²) in [6.07, 6.45) is 20.9. The Morgan fingerprint density at radius 3 is 2.46 bits per heavy atom. The number of amides is 6. The van der Waals surface area contributed by atoms with E-state index in [1.54, 1.807) is 6.20 Å². The SMILES string of the molecule is C#CCCCCCCCCC(=O)NCCc1nc(NCc2ccccn2)nc(NCC23C=CC(O2)C2C(=O)N(CCNC(=O)CCCC[C@@H]4SC[C@@H]5NC(=O)N[C@@H]54)C(=O)C23)n1. The molecule has 17 nitrogen and oxygen atoms in total. The van der Waals surface area contributed by atoms with Gasteiger partial charge in [-0.1, -0.05) is 50.3 Å². The van der Waals surface area contributed by atoms with Crippen LogP contribution in [0.5, 0.6) is 0 Å². The van der Waals surface area contributed by atoms with Crippen LogP contribution < -0.4 is 31.9 Å². The van der Waals surface area contributed by atoms with Crippen LogP contribution in [0.15, 0.2) is 36.5 Å². The Bertz CT molecular complexity index is 1970. The zero-order valence-electron chi connectivity index (χ0n) is 34.5. The molecule has 2 aromatic rings. The highest BCUT2D eigenvalue weighted by Gasteiger charge is 2.67. The number of rotatable bonds is 25. The Kier molecular flexibility index (Phi) is 15.1. The first-order chi connectivity index (χ1) is 29.7. The standard InChI is InChI=1S/C43H57N11O6S/c1-2-3-4-5-6-7-8-9-16-33(55)45-22-19-32-50-40(47-25-28-14-12-13-21-44-28)53-41(51-32)48-27-43-20-18-30(60-43)35-36(43)39(58)54(38(35)57)24-23-46-34(56)17-11-10-15-31-37-29(26-61-31)49-42(59)52-37/h1,12-14,18,20-21,29-31,35-37H,3-11,15-17,19,22-27H2,(H,45,55)(H,46,56)(H2,49,52,59)(H2,47,48,50,51,53)/t29-,30?,31-,35?,36?,37-,43?/m0/s1. The molecule has 5 aliphatic heterocycles. The number of terminal acetylenes is 1. The summed E-state index contributed by atoms with van der Waals surface area (Å²) in [5.74, 6) is 2.43. The van der Waals surface area contributed by atoms with E-state index in [0.717, 1.165) is 69.2 Å². The second-order valence-electron chi connectivity index (χ2n) is 16.3. The molecule has 7 rings (SSSR count). The van der Waals surface area contributed by atoms with Crippen molar-refractivity contribution >= 4 is 53.3 Å². The molecule has 0 saturated carbocycles. The smallest absolute Gasteiger partial charge is 0.315 e. The maximum Gasteiger partial charge on any atom is 0.315 e. The number of anilines is 2. The Labute approximate surface area is 361 Å². The van der Waals surface area contributed by atoms with E-state index in [0.29, 0.717) is 55.8 Å². The molecule has 0 spiro atoms. The first kappa shape index (κ1) is 43.8. The number of ether oxygens (including phenoxy) is 1. The summed E-state index contributed by atoms with van der Waals surface area (Å²) in [6, 6.07) is 5.84. The summed E-state index contributed by atoms with van der Waals surface area (Å²) < 4.78 is 6.34. The molecular weight excluding hydrogens is 799 g/mol. The Hall–Kier alpha value is -5.28. The van der Waals surface area contributed by atoms with Gasteiger partial charge in [0, 0.05) is 62.5 Å². The van der Waals surface area contributed by atoms with E-state index in [2.05, 4.69) is 57.8 Å². The number of fused-ring (bicyclic) bond motifs is 6. The van der Waals surface area contributed by atoms with E-state index in [1.807, 2.05) is 42.1 Å². The van der Waals surface area contributed by atoms with Crippen molar-refractivity contribution in [3.8, 4) is 12.3 Å². The molecule has 4 unspecified atom stereocenters. The average Bonchev–Trinajstić information content (AvgIpc) is 4.07. The van der Waals surface area contributed by atoms with Crippen molar-refractivity contribution in [1.82, 2.24) is 46.1 Å². The number of carbonyl (C=O) groups is 5. The Morgan fingerprint density at radius 2 is 1.67 bits per heavy atom. The molecule has 7 atom stereocenters. The minimum absolute atomic E-state index is 0.0155. The lowest BCUT2D eigenvalue weighted by molar-refractivity contribution is -0.144. The fraction of sp³-hybridized carbons (Fsp3) is 0.605. The number of hydrogen-bond acceptors (Lipinski definition) is 13. The normalized spacial score (nSPS) is 25.5. The molecule has 7 heterocycles. The summed E-state index contributed by atoms with van der Waals surface area (Å²) in [6.45, 7) is 1.09. The molecule has 0 aromatic carbocycles. The van der Waals surface area contributed by atoms with Crippen LogP contribution in [0, 0.1) is 24.2 Å². The van der Waals surface area contributed by atoms with Crippen LogP contribution in [-0.2, 0) is 36.9 Å². The van der Waals surface area contributed by atoms with Crippen LogP contribution in [-0.4, -0.2) is 115 Å². The van der Waals surface area contributed by atoms with Crippen molar-refractivity contribution in [3.63, 3.8) is 0 Å². The second-order valence-corrected chi connectivity index (χ2v) is 17.6. The van der Waals surface area contributed by atoms with Crippen molar-refractivity contribution in [1.29, 1.82) is 0 Å². The quantitative estimate of drug-likeness (QED) is 0.0279. The van der Waals surface area contributed by atoms with Gasteiger partial charge in [0.1, 0.15) is 11.4 Å². The third-order valence-electron chi connectivity index (χ3n) is 12.0. The number of nitrogens with zero attached hydrogens (tertiary/aromatic N) is 5. The largest absolute Gasteiger partial charge is 0.360 e. The number of hydrogen-bond donors (Lipinski definition) is 6. The molecule has 0 radical (unpaired) electrons. The van der Waals surface area contributed by atoms with E-state index in [4.69, 9.17) is 11.2 Å². The lowest BCUT2D eigenvalue weighted by Crippen LogP contribution is -2.46. The number of pyridine rings is 1. The predicted molar refractivity (Wildman–Crippen MR) is 230 cm³/mol. The lowest BCUT2D eigenvalue weighted by Gasteiger charge is -2.29. The van der Waals surface area contributed by atoms with E-state index in [-0.39, 0.29) is 67.3 Å². The molecule has 0 aliphatic carbocycles. The Balaban J connectivity index is 0.883. The van der Waals surface area contributed by atoms with Crippen LogP contribution in [0.1, 0.15) is 88.6 Å². The van der Waals surface area contributed by atoms with Gasteiger partial charge in [0.25, 0.3) is 0 Å². The van der Waals surface area contributed by atoms with Gasteiger partial charge in [0.2, 0.25) is 35.5 Å². The molecule has 4 saturated heterocycles. The van der Waals surface area contributed by atoms with E-state index in [9.17, 15) is 24.0 Å². The summed E-state index contributed by atoms with van der Waals surface area (Å²) in [4.78, 5) is 83.8. The first-order valence-electron chi connectivity index (χ1n) is 21.7. The fourth-order valence-corrected chi connectivity index (χ4v) is 10.4. The van der Waals surface area contributed by atoms with Crippen molar-refractivity contribution < 1.29 is 28.7 Å². The number of unbranched alkanes of at least 4 members (excludes halogenated alkanes) is 7. The Morgan fingerprint density at radius 1 is 0.918 bits per heavy atom. The summed E-state index contributed by atoms with van der Waals surface area (Å²) >= 11 is 1.85. The number of carbonyl (C=O) groups excluding carboxylic acids is 5. The molecule has 18 heteroatoms. The monoisotopic (exact) mass is 855 g/mol. The minimum atomic E-state index is -1.10. The topological polar surface area (TPSA) is 222 Å². The number of likely N-dealkylation sites (tertiary alicyclic amines) is 1. The molecule has 326 valence electrons. The molecular formula is C43H57N11O6S. The van der Waals surface area contributed by atoms with Gasteiger partial charge in [-0.2, -0.15) is 26.7 Å². The first-order valence-corrected chi connectivity index (χ1v) is 22.8. The van der Waals surface area contributed by atoms with Crippen molar-refractivity contribution in [2.24, 2.45) is 11.8 Å². The molecule has 5 aliphatic rings. The van der Waals surface area contributed by atoms with Crippen LogP contribution in [0.4, 0.5) is 16.7 Å². The van der Waals surface area contributed by atoms with E-state index < -0.39 is 23.5 Å². The van der Waals surface area contributed by atoms with Gasteiger partial charge >= 0.3 is 6.03 Å². The highest BCUT2D eigenvalue weighted by molar-refractivity contribution is 8.00. The third kappa shape index (κ3) is 11.2. The number of imide groups is 1. The zero-order chi connectivity index (χ0) is 42.6. The van der Waals surface area contributed by atoms with Gasteiger partial charge in [0.15, 0.2) is 0 Å². The highest BCUT2D eigenvalue weighted by Crippen LogP contribution is 2.51. The number of thioether (sulfide) groups is 1. The van der Waals surface area contributed by atoms with Crippen molar-refractivity contribution in [3.05, 3.63) is 48.1 Å². The van der Waals surface area contributed by atoms with Crippen molar-refractivity contribution in [2.75, 3.05) is 42.6 Å². The fourth-order valence-electron chi connectivity index (χ4n) is 8.86. The second kappa shape index (κ2) is 21.0. The van der Waals surface area contributed by atoms with Crippen LogP contribution in [0.25, 0.3) is 0 Å². The van der Waals surface area contributed by atoms with E-state index in [1.165, 1.54) is 4.90 Å². The maximum absolute atomic E-state index is 13.9. The van der Waals surface area contributed by atoms with Gasteiger partial charge in [0.05, 0.1) is 48.8 Å². The van der Waals surface area contributed by atoms with Crippen LogP contribution in [0.2, 0.25) is 0 Å². The minimum Gasteiger partial charge on any atom is -0.360 e. The van der Waals surface area contributed by atoms with Gasteiger partial charge in [-0.3, -0.25) is 29.1 Å².